The van der Waals surface area contributed by atoms with E-state index in [1.807, 2.05) is 31.2 Å². The highest BCUT2D eigenvalue weighted by Crippen LogP contribution is 2.31. The molecule has 1 unspecified atom stereocenters. The van der Waals surface area contributed by atoms with Crippen molar-refractivity contribution in [3.05, 3.63) is 45.9 Å². The van der Waals surface area contributed by atoms with Crippen LogP contribution in [0.4, 0.5) is 13.2 Å². The summed E-state index contributed by atoms with van der Waals surface area (Å²) >= 11 is 1.01. The van der Waals surface area contributed by atoms with Gasteiger partial charge in [-0.1, -0.05) is 18.2 Å². The molecule has 0 fully saturated rings. The molecule has 0 amide bonds. The Labute approximate surface area is 182 Å². The molecule has 0 saturated heterocycles. The highest BCUT2D eigenvalue weighted by Gasteiger charge is 2.33. The number of aliphatic imine (C=N–C) groups is 1. The number of aromatic nitrogens is 1. The molecule has 28 heavy (non-hydrogen) atoms. The van der Waals surface area contributed by atoms with E-state index in [0.29, 0.717) is 37.1 Å². The molecule has 2 N–H and O–H groups in total. The van der Waals surface area contributed by atoms with Crippen LogP contribution in [0.2, 0.25) is 0 Å². The first-order valence-corrected chi connectivity index (χ1v) is 9.63. The van der Waals surface area contributed by atoms with Crippen LogP contribution in [0.3, 0.4) is 0 Å². The van der Waals surface area contributed by atoms with E-state index in [0.717, 1.165) is 34.5 Å². The van der Waals surface area contributed by atoms with Crippen molar-refractivity contribution in [1.82, 2.24) is 15.6 Å². The molecule has 1 aromatic heterocycles. The number of benzene rings is 1. The summed E-state index contributed by atoms with van der Waals surface area (Å²) in [5, 5.41) is 8.04. The van der Waals surface area contributed by atoms with Gasteiger partial charge in [-0.05, 0) is 13.0 Å². The molecule has 0 radical (unpaired) electrons. The van der Waals surface area contributed by atoms with Gasteiger partial charge in [-0.15, -0.1) is 35.3 Å². The number of thiazole rings is 1. The fourth-order valence-electron chi connectivity index (χ4n) is 2.80. The maximum absolute atomic E-state index is 12.6. The minimum atomic E-state index is -4.40. The number of nitrogens with zero attached hydrogens (tertiary/aromatic N) is 2. The lowest BCUT2D eigenvalue weighted by Gasteiger charge is -2.28. The zero-order valence-electron chi connectivity index (χ0n) is 15.3. The number of hydrogen-bond donors (Lipinski definition) is 2. The third kappa shape index (κ3) is 5.97. The summed E-state index contributed by atoms with van der Waals surface area (Å²) < 4.78 is 43.5. The zero-order valence-corrected chi connectivity index (χ0v) is 18.4. The average Bonchev–Trinajstić information content (AvgIpc) is 3.11. The van der Waals surface area contributed by atoms with Crippen LogP contribution in [0, 0.1) is 0 Å². The number of guanidine groups is 1. The van der Waals surface area contributed by atoms with Crippen molar-refractivity contribution in [2.75, 3.05) is 19.7 Å². The van der Waals surface area contributed by atoms with Gasteiger partial charge in [-0.25, -0.2) is 4.98 Å². The number of nitrogens with one attached hydrogen (secondary N) is 2. The highest BCUT2D eigenvalue weighted by molar-refractivity contribution is 14.0. The predicted octanol–water partition coefficient (Wildman–Crippen LogP) is 4.40. The maximum atomic E-state index is 12.6. The molecule has 1 atom stereocenters. The van der Waals surface area contributed by atoms with E-state index >= 15 is 0 Å². The summed E-state index contributed by atoms with van der Waals surface area (Å²) in [6, 6.07) is 7.93. The molecule has 154 valence electrons. The van der Waals surface area contributed by atoms with Gasteiger partial charge in [-0.2, -0.15) is 13.2 Å². The van der Waals surface area contributed by atoms with E-state index in [9.17, 15) is 13.2 Å². The van der Waals surface area contributed by atoms with Gasteiger partial charge in [0, 0.05) is 36.9 Å². The van der Waals surface area contributed by atoms with Crippen LogP contribution in [-0.4, -0.2) is 30.6 Å². The molecule has 0 bridgehead atoms. The molecule has 2 heterocycles. The van der Waals surface area contributed by atoms with Crippen molar-refractivity contribution in [1.29, 1.82) is 0 Å². The van der Waals surface area contributed by atoms with Gasteiger partial charge >= 0.3 is 6.18 Å². The second kappa shape index (κ2) is 10.3. The molecule has 1 aliphatic rings. The van der Waals surface area contributed by atoms with Crippen molar-refractivity contribution >= 4 is 41.3 Å². The van der Waals surface area contributed by atoms with Gasteiger partial charge in [0.2, 0.25) is 0 Å². The Kier molecular flexibility index (Phi) is 8.35. The molecule has 5 nitrogen and oxygen atoms in total. The lowest BCUT2D eigenvalue weighted by atomic mass is 10.0. The normalized spacial score (nSPS) is 16.6. The summed E-state index contributed by atoms with van der Waals surface area (Å²) in [6.45, 7) is 3.62. The molecule has 1 aromatic carbocycles. The number of ether oxygens (including phenoxy) is 1. The quantitative estimate of drug-likeness (QED) is 0.345. The molecule has 0 saturated carbocycles. The number of para-hydroxylation sites is 1. The van der Waals surface area contributed by atoms with Gasteiger partial charge in [-0.3, -0.25) is 4.99 Å². The number of rotatable bonds is 5. The Morgan fingerprint density at radius 3 is 2.86 bits per heavy atom. The van der Waals surface area contributed by atoms with E-state index < -0.39 is 11.9 Å². The monoisotopic (exact) mass is 526 g/mol. The lowest BCUT2D eigenvalue weighted by molar-refractivity contribution is -0.140. The Balaban J connectivity index is 0.00000280. The van der Waals surface area contributed by atoms with Crippen molar-refractivity contribution in [3.8, 4) is 5.75 Å². The summed E-state index contributed by atoms with van der Waals surface area (Å²) in [6.07, 6.45) is -3.23. The standard InChI is InChI=1S/C18H21F3N4OS.HI/c1-2-22-17(23-9-7-16-25-15(11-27-16)18(19,20)21)24-13-8-10-26-14-6-4-3-5-12(13)14;/h3-6,11,13H,2,7-10H2,1H3,(H2,22,23,24);1H. The Morgan fingerprint density at radius 1 is 1.36 bits per heavy atom. The van der Waals surface area contributed by atoms with E-state index in [1.54, 1.807) is 0 Å². The molecular formula is C18H22F3IN4OS. The van der Waals surface area contributed by atoms with E-state index in [4.69, 9.17) is 4.74 Å². The highest BCUT2D eigenvalue weighted by atomic mass is 127. The minimum Gasteiger partial charge on any atom is -0.493 e. The van der Waals surface area contributed by atoms with Gasteiger partial charge in [0.25, 0.3) is 0 Å². The fourth-order valence-corrected chi connectivity index (χ4v) is 3.59. The third-order valence-corrected chi connectivity index (χ3v) is 4.96. The molecule has 1 aliphatic heterocycles. The van der Waals surface area contributed by atoms with Crippen molar-refractivity contribution in [3.63, 3.8) is 0 Å². The van der Waals surface area contributed by atoms with Gasteiger partial charge in [0.05, 0.1) is 17.7 Å². The molecule has 10 heteroatoms. The van der Waals surface area contributed by atoms with E-state index in [2.05, 4.69) is 20.6 Å². The second-order valence-electron chi connectivity index (χ2n) is 6.01. The second-order valence-corrected chi connectivity index (χ2v) is 6.95. The Hall–Kier alpha value is -1.56. The van der Waals surface area contributed by atoms with E-state index in [1.165, 1.54) is 0 Å². The van der Waals surface area contributed by atoms with Crippen LogP contribution < -0.4 is 15.4 Å². The first-order valence-electron chi connectivity index (χ1n) is 8.75. The number of halogens is 4. The molecular weight excluding hydrogens is 504 g/mol. The summed E-state index contributed by atoms with van der Waals surface area (Å²) in [5.74, 6) is 1.49. The lowest BCUT2D eigenvalue weighted by Crippen LogP contribution is -2.41. The van der Waals surface area contributed by atoms with Crippen molar-refractivity contribution in [2.24, 2.45) is 4.99 Å². The Bertz CT molecular complexity index is 797. The predicted molar refractivity (Wildman–Crippen MR) is 115 cm³/mol. The fraction of sp³-hybridized carbons (Fsp3) is 0.444. The molecule has 3 rings (SSSR count). The first-order chi connectivity index (χ1) is 13.0. The first kappa shape index (κ1) is 22.7. The van der Waals surface area contributed by atoms with Crippen molar-refractivity contribution < 1.29 is 17.9 Å². The van der Waals surface area contributed by atoms with Crippen LogP contribution in [-0.2, 0) is 12.6 Å². The van der Waals surface area contributed by atoms with Gasteiger partial charge in [0.15, 0.2) is 11.7 Å². The molecule has 2 aromatic rings. The largest absolute Gasteiger partial charge is 0.493 e. The summed E-state index contributed by atoms with van der Waals surface area (Å²) in [5.41, 5.74) is 0.236. The van der Waals surface area contributed by atoms with Gasteiger partial charge in [0.1, 0.15) is 5.75 Å². The maximum Gasteiger partial charge on any atom is 0.434 e. The van der Waals surface area contributed by atoms with Crippen LogP contribution >= 0.6 is 35.3 Å². The summed E-state index contributed by atoms with van der Waals surface area (Å²) in [7, 11) is 0. The molecule has 0 spiro atoms. The van der Waals surface area contributed by atoms with E-state index in [-0.39, 0.29) is 30.0 Å². The van der Waals surface area contributed by atoms with Crippen molar-refractivity contribution in [2.45, 2.75) is 32.0 Å². The number of alkyl halides is 3. The molecule has 0 aliphatic carbocycles. The number of fused-ring (bicyclic) bond motifs is 1. The average molecular weight is 526 g/mol. The zero-order chi connectivity index (χ0) is 19.3. The Morgan fingerprint density at radius 2 is 2.14 bits per heavy atom. The summed E-state index contributed by atoms with van der Waals surface area (Å²) in [4.78, 5) is 8.12. The van der Waals surface area contributed by atoms with Crippen LogP contribution in [0.1, 0.15) is 35.7 Å². The van der Waals surface area contributed by atoms with Crippen LogP contribution in [0.15, 0.2) is 34.6 Å². The third-order valence-electron chi connectivity index (χ3n) is 4.05. The SMILES string of the molecule is CCNC(=NCCc1nc(C(F)(F)F)cs1)NC1CCOc2ccccc21.I. The van der Waals surface area contributed by atoms with Crippen LogP contribution in [0.5, 0.6) is 5.75 Å². The van der Waals surface area contributed by atoms with Crippen LogP contribution in [0.25, 0.3) is 0 Å². The minimum absolute atomic E-state index is 0. The topological polar surface area (TPSA) is 58.5 Å². The van der Waals surface area contributed by atoms with Gasteiger partial charge < -0.3 is 15.4 Å². The smallest absolute Gasteiger partial charge is 0.434 e. The number of hydrogen-bond acceptors (Lipinski definition) is 4.